The molecule has 2 fully saturated rings. The number of aliphatic imine (C=N–C) groups is 1. The minimum absolute atomic E-state index is 0. The number of nitrogens with one attached hydrogen (secondary N) is 1. The van der Waals surface area contributed by atoms with Gasteiger partial charge >= 0.3 is 0 Å². The van der Waals surface area contributed by atoms with E-state index >= 15 is 0 Å². The molecule has 0 aromatic rings. The smallest absolute Gasteiger partial charge is 0.189 e. The minimum atomic E-state index is 0. The average Bonchev–Trinajstić information content (AvgIpc) is 2.85. The summed E-state index contributed by atoms with van der Waals surface area (Å²) < 4.78 is 0. The van der Waals surface area contributed by atoms with Crippen LogP contribution in [0.15, 0.2) is 4.99 Å². The largest absolute Gasteiger partial charge is 0.370 e. The first kappa shape index (κ1) is 11.1. The summed E-state index contributed by atoms with van der Waals surface area (Å²) in [4.78, 5) is 4.40. The molecule has 3 N–H and O–H groups in total. The topological polar surface area (TPSA) is 50.4 Å². The van der Waals surface area contributed by atoms with Gasteiger partial charge in [0.1, 0.15) is 0 Å². The highest BCUT2D eigenvalue weighted by Gasteiger charge is 2.35. The molecule has 0 saturated heterocycles. The Kier molecular flexibility index (Phi) is 3.82. The Hall–Kier alpha value is 0. The van der Waals surface area contributed by atoms with Gasteiger partial charge in [-0.2, -0.15) is 0 Å². The van der Waals surface area contributed by atoms with Crippen molar-refractivity contribution < 1.29 is 0 Å². The van der Waals surface area contributed by atoms with Gasteiger partial charge in [-0.25, -0.2) is 4.99 Å². The van der Waals surface area contributed by atoms with Crippen LogP contribution in [0.3, 0.4) is 0 Å². The Bertz CT molecular complexity index is 201. The highest BCUT2D eigenvalue weighted by atomic mass is 127. The van der Waals surface area contributed by atoms with E-state index in [4.69, 9.17) is 5.73 Å². The molecule has 76 valence electrons. The third kappa shape index (κ3) is 3.32. The summed E-state index contributed by atoms with van der Waals surface area (Å²) in [6.07, 6.45) is 5.00. The molecule has 0 spiro atoms. The van der Waals surface area contributed by atoms with Crippen molar-refractivity contribution in [1.82, 2.24) is 5.32 Å². The van der Waals surface area contributed by atoms with Crippen molar-refractivity contribution in [3.8, 4) is 0 Å². The SMILES string of the molecule is CC[C@@H]1C[C@H]1N=C(N)NC1CC1.I. The van der Waals surface area contributed by atoms with Crippen LogP contribution in [-0.4, -0.2) is 18.0 Å². The Balaban J connectivity index is 0.000000845. The third-order valence-corrected chi connectivity index (χ3v) is 2.64. The molecule has 2 aliphatic carbocycles. The average molecular weight is 295 g/mol. The van der Waals surface area contributed by atoms with Crippen LogP contribution >= 0.6 is 24.0 Å². The van der Waals surface area contributed by atoms with E-state index in [2.05, 4.69) is 17.2 Å². The monoisotopic (exact) mass is 295 g/mol. The molecule has 4 heteroatoms. The number of halogens is 1. The molecule has 0 radical (unpaired) electrons. The fourth-order valence-electron chi connectivity index (χ4n) is 1.48. The summed E-state index contributed by atoms with van der Waals surface area (Å²) in [6.45, 7) is 2.21. The Morgan fingerprint density at radius 1 is 1.54 bits per heavy atom. The highest BCUT2D eigenvalue weighted by molar-refractivity contribution is 14.0. The first-order valence-corrected chi connectivity index (χ1v) is 4.89. The quantitative estimate of drug-likeness (QED) is 0.470. The van der Waals surface area contributed by atoms with Gasteiger partial charge in [0.2, 0.25) is 0 Å². The van der Waals surface area contributed by atoms with E-state index in [1.807, 2.05) is 0 Å². The maximum atomic E-state index is 5.71. The lowest BCUT2D eigenvalue weighted by Crippen LogP contribution is -2.33. The summed E-state index contributed by atoms with van der Waals surface area (Å²) in [6, 6.07) is 1.16. The van der Waals surface area contributed by atoms with Crippen molar-refractivity contribution >= 4 is 29.9 Å². The second-order valence-corrected chi connectivity index (χ2v) is 3.90. The van der Waals surface area contributed by atoms with E-state index in [1.165, 1.54) is 25.7 Å². The zero-order valence-electron chi connectivity index (χ0n) is 7.99. The number of nitrogens with two attached hydrogens (primary N) is 1. The normalized spacial score (nSPS) is 32.2. The Morgan fingerprint density at radius 2 is 2.23 bits per heavy atom. The summed E-state index contributed by atoms with van der Waals surface area (Å²) in [7, 11) is 0. The predicted octanol–water partition coefficient (Wildman–Crippen LogP) is 1.47. The molecule has 0 aromatic heterocycles. The molecule has 13 heavy (non-hydrogen) atoms. The van der Waals surface area contributed by atoms with Gasteiger partial charge in [0.15, 0.2) is 5.96 Å². The maximum Gasteiger partial charge on any atom is 0.189 e. The molecule has 2 atom stereocenters. The summed E-state index contributed by atoms with van der Waals surface area (Å²) >= 11 is 0. The molecule has 0 amide bonds. The zero-order chi connectivity index (χ0) is 8.55. The van der Waals surface area contributed by atoms with Crippen LogP contribution in [-0.2, 0) is 0 Å². The van der Waals surface area contributed by atoms with E-state index in [1.54, 1.807) is 0 Å². The van der Waals surface area contributed by atoms with E-state index in [9.17, 15) is 0 Å². The second-order valence-electron chi connectivity index (χ2n) is 3.90. The van der Waals surface area contributed by atoms with E-state index < -0.39 is 0 Å². The number of hydrogen-bond acceptors (Lipinski definition) is 1. The van der Waals surface area contributed by atoms with Crippen LogP contribution in [0.4, 0.5) is 0 Å². The summed E-state index contributed by atoms with van der Waals surface area (Å²) in [5, 5.41) is 3.20. The van der Waals surface area contributed by atoms with Crippen LogP contribution < -0.4 is 11.1 Å². The number of hydrogen-bond donors (Lipinski definition) is 2. The van der Waals surface area contributed by atoms with E-state index in [0.717, 1.165) is 5.92 Å². The lowest BCUT2D eigenvalue weighted by atomic mass is 10.3. The van der Waals surface area contributed by atoms with E-state index in [0.29, 0.717) is 18.0 Å². The van der Waals surface area contributed by atoms with Crippen LogP contribution in [0.25, 0.3) is 0 Å². The Labute approximate surface area is 96.6 Å². The molecule has 2 rings (SSSR count). The lowest BCUT2D eigenvalue weighted by Gasteiger charge is -2.01. The van der Waals surface area contributed by atoms with Gasteiger partial charge in [-0.1, -0.05) is 13.3 Å². The van der Waals surface area contributed by atoms with Crippen LogP contribution in [0.2, 0.25) is 0 Å². The number of guanidine groups is 1. The van der Waals surface area contributed by atoms with Crippen molar-refractivity contribution in [3.05, 3.63) is 0 Å². The predicted molar refractivity (Wildman–Crippen MR) is 65.4 cm³/mol. The summed E-state index contributed by atoms with van der Waals surface area (Å²) in [5.41, 5.74) is 5.71. The molecule has 0 bridgehead atoms. The first-order valence-electron chi connectivity index (χ1n) is 4.89. The fourth-order valence-corrected chi connectivity index (χ4v) is 1.48. The van der Waals surface area contributed by atoms with Gasteiger partial charge in [0.25, 0.3) is 0 Å². The van der Waals surface area contributed by atoms with Crippen molar-refractivity contribution in [2.45, 2.75) is 44.7 Å². The molecule has 0 aromatic carbocycles. The Morgan fingerprint density at radius 3 is 2.69 bits per heavy atom. The highest BCUT2D eigenvalue weighted by Crippen LogP contribution is 2.36. The second kappa shape index (κ2) is 4.48. The van der Waals surface area contributed by atoms with Gasteiger partial charge in [-0.3, -0.25) is 0 Å². The van der Waals surface area contributed by atoms with Gasteiger partial charge in [-0.15, -0.1) is 24.0 Å². The number of rotatable bonds is 3. The van der Waals surface area contributed by atoms with Crippen LogP contribution in [0.5, 0.6) is 0 Å². The van der Waals surface area contributed by atoms with Gasteiger partial charge in [0, 0.05) is 6.04 Å². The van der Waals surface area contributed by atoms with Crippen LogP contribution in [0.1, 0.15) is 32.6 Å². The van der Waals surface area contributed by atoms with Gasteiger partial charge < -0.3 is 11.1 Å². The molecule has 0 unspecified atom stereocenters. The number of nitrogens with zero attached hydrogens (tertiary/aromatic N) is 1. The summed E-state index contributed by atoms with van der Waals surface area (Å²) in [5.74, 6) is 1.48. The lowest BCUT2D eigenvalue weighted by molar-refractivity contribution is 0.753. The molecule has 3 nitrogen and oxygen atoms in total. The van der Waals surface area contributed by atoms with Crippen LogP contribution in [0, 0.1) is 5.92 Å². The van der Waals surface area contributed by atoms with Gasteiger partial charge in [-0.05, 0) is 25.2 Å². The van der Waals surface area contributed by atoms with Crippen molar-refractivity contribution in [2.75, 3.05) is 0 Å². The van der Waals surface area contributed by atoms with Crippen molar-refractivity contribution in [3.63, 3.8) is 0 Å². The molecule has 0 heterocycles. The van der Waals surface area contributed by atoms with Crippen molar-refractivity contribution in [2.24, 2.45) is 16.6 Å². The van der Waals surface area contributed by atoms with E-state index in [-0.39, 0.29) is 24.0 Å². The molecular weight excluding hydrogens is 277 g/mol. The molecule has 2 aliphatic rings. The first-order chi connectivity index (χ1) is 5.79. The third-order valence-electron chi connectivity index (χ3n) is 2.64. The standard InChI is InChI=1S/C9H17N3.HI/c1-2-6-5-8(6)12-9(10)11-7-3-4-7;/h6-8H,2-5H2,1H3,(H3,10,11,12);1H/t6-,8-;/m1./s1. The van der Waals surface area contributed by atoms with Gasteiger partial charge in [0.05, 0.1) is 6.04 Å². The van der Waals surface area contributed by atoms with Crippen molar-refractivity contribution in [1.29, 1.82) is 0 Å². The molecular formula is C9H18IN3. The fraction of sp³-hybridized carbons (Fsp3) is 0.889. The maximum absolute atomic E-state index is 5.71. The minimum Gasteiger partial charge on any atom is -0.370 e. The zero-order valence-corrected chi connectivity index (χ0v) is 10.3. The molecule has 2 saturated carbocycles. The molecule has 0 aliphatic heterocycles.